The Balaban J connectivity index is 1.36. The Bertz CT molecular complexity index is 621. The van der Waals surface area contributed by atoms with Gasteiger partial charge in [0.1, 0.15) is 0 Å². The zero-order valence-electron chi connectivity index (χ0n) is 15.7. The Morgan fingerprint density at radius 2 is 1.72 bits per heavy atom. The summed E-state index contributed by atoms with van der Waals surface area (Å²) in [5, 5.41) is 0. The van der Waals surface area contributed by atoms with E-state index in [1.165, 1.54) is 30.5 Å². The molecule has 0 bridgehead atoms. The minimum atomic E-state index is -0.0684. The molecule has 0 radical (unpaired) electrons. The van der Waals surface area contributed by atoms with Crippen molar-refractivity contribution in [1.82, 2.24) is 9.80 Å². The summed E-state index contributed by atoms with van der Waals surface area (Å²) in [6, 6.07) is 9.56. The predicted molar refractivity (Wildman–Crippen MR) is 102 cm³/mol. The SMILES string of the molecule is Cc1ccc(N2CCC(N3CC[C@@]4(CCCN(C)C4=O)C3)CC2)cc1. The fraction of sp³-hybridized carbons (Fsp3) is 0.667. The summed E-state index contributed by atoms with van der Waals surface area (Å²) in [6.45, 7) is 7.44. The lowest BCUT2D eigenvalue weighted by molar-refractivity contribution is -0.144. The molecule has 0 N–H and O–H groups in total. The van der Waals surface area contributed by atoms with Gasteiger partial charge < -0.3 is 9.80 Å². The summed E-state index contributed by atoms with van der Waals surface area (Å²) < 4.78 is 0. The van der Waals surface area contributed by atoms with Crippen molar-refractivity contribution in [2.24, 2.45) is 5.41 Å². The van der Waals surface area contributed by atoms with Crippen LogP contribution in [0.5, 0.6) is 0 Å². The first-order valence-electron chi connectivity index (χ1n) is 9.89. The lowest BCUT2D eigenvalue weighted by Gasteiger charge is -2.40. The Morgan fingerprint density at radius 3 is 2.44 bits per heavy atom. The number of hydrogen-bond donors (Lipinski definition) is 0. The third-order valence-corrected chi connectivity index (χ3v) is 6.71. The Hall–Kier alpha value is -1.55. The van der Waals surface area contributed by atoms with Crippen LogP contribution in [0.1, 0.15) is 37.7 Å². The first-order chi connectivity index (χ1) is 12.1. The van der Waals surface area contributed by atoms with Gasteiger partial charge in [-0.25, -0.2) is 0 Å². The second kappa shape index (κ2) is 6.64. The van der Waals surface area contributed by atoms with E-state index in [1.807, 2.05) is 11.9 Å². The molecule has 4 heteroatoms. The molecule has 3 fully saturated rings. The van der Waals surface area contributed by atoms with Gasteiger partial charge in [0.2, 0.25) is 5.91 Å². The van der Waals surface area contributed by atoms with Gasteiger partial charge in [-0.2, -0.15) is 0 Å². The van der Waals surface area contributed by atoms with Crippen molar-refractivity contribution in [3.8, 4) is 0 Å². The molecular weight excluding hydrogens is 310 g/mol. The van der Waals surface area contributed by atoms with Gasteiger partial charge in [0.25, 0.3) is 0 Å². The second-order valence-electron chi connectivity index (χ2n) is 8.38. The van der Waals surface area contributed by atoms with Crippen LogP contribution in [0.25, 0.3) is 0 Å². The summed E-state index contributed by atoms with van der Waals surface area (Å²) in [6.07, 6.45) is 5.76. The van der Waals surface area contributed by atoms with Crippen molar-refractivity contribution in [1.29, 1.82) is 0 Å². The second-order valence-corrected chi connectivity index (χ2v) is 8.38. The number of amides is 1. The lowest BCUT2D eigenvalue weighted by Crippen LogP contribution is -2.50. The summed E-state index contributed by atoms with van der Waals surface area (Å²) in [5.74, 6) is 0.401. The van der Waals surface area contributed by atoms with Crippen molar-refractivity contribution in [2.75, 3.05) is 44.7 Å². The number of nitrogens with zero attached hydrogens (tertiary/aromatic N) is 3. The Kier molecular flexibility index (Phi) is 4.48. The maximum absolute atomic E-state index is 12.7. The fourth-order valence-electron chi connectivity index (χ4n) is 5.11. The van der Waals surface area contributed by atoms with Gasteiger partial charge >= 0.3 is 0 Å². The minimum Gasteiger partial charge on any atom is -0.371 e. The smallest absolute Gasteiger partial charge is 0.229 e. The highest BCUT2D eigenvalue weighted by molar-refractivity contribution is 5.83. The molecule has 1 aromatic rings. The van der Waals surface area contributed by atoms with Gasteiger partial charge in [-0.15, -0.1) is 0 Å². The van der Waals surface area contributed by atoms with Crippen LogP contribution in [0.15, 0.2) is 24.3 Å². The normalized spacial score (nSPS) is 29.0. The van der Waals surface area contributed by atoms with E-state index in [0.29, 0.717) is 11.9 Å². The van der Waals surface area contributed by atoms with Crippen LogP contribution in [-0.4, -0.2) is 61.5 Å². The van der Waals surface area contributed by atoms with Gasteiger partial charge in [0, 0.05) is 45.0 Å². The van der Waals surface area contributed by atoms with Crippen LogP contribution < -0.4 is 4.90 Å². The Labute approximate surface area is 151 Å². The largest absolute Gasteiger partial charge is 0.371 e. The average Bonchev–Trinajstić information content (AvgIpc) is 3.06. The highest BCUT2D eigenvalue weighted by Crippen LogP contribution is 2.41. The molecule has 1 aromatic carbocycles. The Morgan fingerprint density at radius 1 is 1.00 bits per heavy atom. The molecule has 0 unspecified atom stereocenters. The number of likely N-dealkylation sites (tertiary alicyclic amines) is 2. The first kappa shape index (κ1) is 16.9. The van der Waals surface area contributed by atoms with Gasteiger partial charge in [-0.05, 0) is 57.7 Å². The van der Waals surface area contributed by atoms with Crippen LogP contribution in [-0.2, 0) is 4.79 Å². The molecule has 0 aromatic heterocycles. The molecule has 3 aliphatic rings. The highest BCUT2D eigenvalue weighted by atomic mass is 16.2. The molecule has 4 rings (SSSR count). The van der Waals surface area contributed by atoms with Gasteiger partial charge in [-0.3, -0.25) is 9.69 Å². The molecule has 0 aliphatic carbocycles. The van der Waals surface area contributed by atoms with Gasteiger partial charge in [0.05, 0.1) is 5.41 Å². The summed E-state index contributed by atoms with van der Waals surface area (Å²) in [5.41, 5.74) is 2.61. The number of carbonyl (C=O) groups is 1. The fourth-order valence-corrected chi connectivity index (χ4v) is 5.11. The lowest BCUT2D eigenvalue weighted by atomic mass is 9.78. The quantitative estimate of drug-likeness (QED) is 0.827. The van der Waals surface area contributed by atoms with E-state index in [9.17, 15) is 4.79 Å². The van der Waals surface area contributed by atoms with Crippen LogP contribution >= 0.6 is 0 Å². The molecular formula is C21H31N3O. The van der Waals surface area contributed by atoms with E-state index in [-0.39, 0.29) is 5.41 Å². The number of piperidine rings is 2. The number of hydrogen-bond acceptors (Lipinski definition) is 3. The van der Waals surface area contributed by atoms with Crippen molar-refractivity contribution in [3.05, 3.63) is 29.8 Å². The molecule has 4 nitrogen and oxygen atoms in total. The zero-order chi connectivity index (χ0) is 17.4. The van der Waals surface area contributed by atoms with E-state index in [4.69, 9.17) is 0 Å². The molecule has 3 aliphatic heterocycles. The number of carbonyl (C=O) groups excluding carboxylic acids is 1. The van der Waals surface area contributed by atoms with E-state index in [2.05, 4.69) is 41.0 Å². The molecule has 1 amide bonds. The number of rotatable bonds is 2. The zero-order valence-corrected chi connectivity index (χ0v) is 15.7. The van der Waals surface area contributed by atoms with Crippen LogP contribution in [0.2, 0.25) is 0 Å². The predicted octanol–water partition coefficient (Wildman–Crippen LogP) is 2.91. The molecule has 3 saturated heterocycles. The molecule has 0 saturated carbocycles. The number of benzene rings is 1. The highest BCUT2D eigenvalue weighted by Gasteiger charge is 2.48. The third-order valence-electron chi connectivity index (χ3n) is 6.71. The van der Waals surface area contributed by atoms with Crippen LogP contribution in [0.3, 0.4) is 0 Å². The topological polar surface area (TPSA) is 26.8 Å². The summed E-state index contributed by atoms with van der Waals surface area (Å²) in [4.78, 5) is 19.8. The number of anilines is 1. The van der Waals surface area contributed by atoms with Crippen molar-refractivity contribution in [3.63, 3.8) is 0 Å². The number of aryl methyl sites for hydroxylation is 1. The van der Waals surface area contributed by atoms with E-state index in [0.717, 1.165) is 45.6 Å². The molecule has 136 valence electrons. The van der Waals surface area contributed by atoms with Crippen molar-refractivity contribution in [2.45, 2.75) is 45.1 Å². The molecule has 1 spiro atoms. The summed E-state index contributed by atoms with van der Waals surface area (Å²) >= 11 is 0. The molecule has 1 atom stereocenters. The minimum absolute atomic E-state index is 0.0684. The van der Waals surface area contributed by atoms with Gasteiger partial charge in [-0.1, -0.05) is 17.7 Å². The maximum Gasteiger partial charge on any atom is 0.229 e. The van der Waals surface area contributed by atoms with Crippen LogP contribution in [0.4, 0.5) is 5.69 Å². The van der Waals surface area contributed by atoms with Crippen molar-refractivity contribution >= 4 is 11.6 Å². The van der Waals surface area contributed by atoms with E-state index < -0.39 is 0 Å². The standard InChI is InChI=1S/C21H31N3O/c1-17-4-6-18(7-5-17)23-13-8-19(9-14-23)24-15-11-21(16-24)10-3-12-22(2)20(21)25/h4-7,19H,3,8-16H2,1-2H3/t21-/m0/s1. The monoisotopic (exact) mass is 341 g/mol. The molecule has 25 heavy (non-hydrogen) atoms. The maximum atomic E-state index is 12.7. The van der Waals surface area contributed by atoms with E-state index >= 15 is 0 Å². The summed E-state index contributed by atoms with van der Waals surface area (Å²) in [7, 11) is 1.98. The van der Waals surface area contributed by atoms with Gasteiger partial charge in [0.15, 0.2) is 0 Å². The molecule has 3 heterocycles. The van der Waals surface area contributed by atoms with E-state index in [1.54, 1.807) is 0 Å². The third kappa shape index (κ3) is 3.17. The van der Waals surface area contributed by atoms with Crippen molar-refractivity contribution < 1.29 is 4.79 Å². The first-order valence-corrected chi connectivity index (χ1v) is 9.89. The van der Waals surface area contributed by atoms with Crippen LogP contribution in [0, 0.1) is 12.3 Å². The average molecular weight is 341 g/mol.